The number of nitrogens with zero attached hydrogens (tertiary/aromatic N) is 2. The van der Waals surface area contributed by atoms with E-state index in [1.807, 2.05) is 49.4 Å². The summed E-state index contributed by atoms with van der Waals surface area (Å²) in [5.74, 6) is 1.10. The summed E-state index contributed by atoms with van der Waals surface area (Å²) in [6.45, 7) is 4.73. The highest BCUT2D eigenvalue weighted by Gasteiger charge is 2.11. The molecule has 1 amide bonds. The Morgan fingerprint density at radius 3 is 2.59 bits per heavy atom. The fourth-order valence-corrected chi connectivity index (χ4v) is 3.25. The number of fused-ring (bicyclic) bond motifs is 1. The van der Waals surface area contributed by atoms with Gasteiger partial charge in [0.1, 0.15) is 5.82 Å². The maximum absolute atomic E-state index is 12.0. The zero-order valence-corrected chi connectivity index (χ0v) is 16.4. The molecule has 1 heterocycles. The smallest absolute Gasteiger partial charge is 0.230 e. The molecule has 1 atom stereocenters. The number of benzene rings is 2. The molecule has 6 heteroatoms. The summed E-state index contributed by atoms with van der Waals surface area (Å²) in [5.41, 5.74) is 2.05. The van der Waals surface area contributed by atoms with E-state index in [4.69, 9.17) is 0 Å². The number of carbonyl (C=O) groups excluding carboxylic acids is 1. The minimum Gasteiger partial charge on any atom is -0.365 e. The molecule has 5 nitrogen and oxygen atoms in total. The summed E-state index contributed by atoms with van der Waals surface area (Å²) >= 11 is 1.36. The van der Waals surface area contributed by atoms with Gasteiger partial charge in [-0.2, -0.15) is 0 Å². The molecule has 140 valence electrons. The van der Waals surface area contributed by atoms with Gasteiger partial charge in [0.15, 0.2) is 5.16 Å². The second kappa shape index (κ2) is 9.37. The van der Waals surface area contributed by atoms with E-state index in [-0.39, 0.29) is 11.9 Å². The van der Waals surface area contributed by atoms with Gasteiger partial charge in [-0.1, -0.05) is 61.2 Å². The van der Waals surface area contributed by atoms with Crippen LogP contribution in [0.5, 0.6) is 0 Å². The lowest BCUT2D eigenvalue weighted by atomic mass is 10.2. The maximum Gasteiger partial charge on any atom is 0.230 e. The number of para-hydroxylation sites is 1. The molecule has 0 aliphatic rings. The van der Waals surface area contributed by atoms with Crippen molar-refractivity contribution >= 4 is 34.4 Å². The molecular formula is C21H24N4OS. The maximum atomic E-state index is 12.0. The first-order chi connectivity index (χ1) is 13.2. The van der Waals surface area contributed by atoms with Crippen LogP contribution in [-0.4, -0.2) is 27.7 Å². The van der Waals surface area contributed by atoms with Crippen LogP contribution in [0, 0.1) is 0 Å². The topological polar surface area (TPSA) is 66.9 Å². The Balaban J connectivity index is 1.75. The third-order valence-electron chi connectivity index (χ3n) is 4.24. The van der Waals surface area contributed by atoms with E-state index in [9.17, 15) is 4.79 Å². The Labute approximate surface area is 164 Å². The van der Waals surface area contributed by atoms with Crippen LogP contribution in [0.2, 0.25) is 0 Å². The van der Waals surface area contributed by atoms with Gasteiger partial charge in [-0.05, 0) is 31.0 Å². The second-order valence-corrected chi connectivity index (χ2v) is 7.32. The molecule has 0 saturated heterocycles. The van der Waals surface area contributed by atoms with Crippen LogP contribution in [0.3, 0.4) is 0 Å². The molecule has 0 aliphatic carbocycles. The van der Waals surface area contributed by atoms with E-state index in [1.54, 1.807) is 0 Å². The van der Waals surface area contributed by atoms with Crippen molar-refractivity contribution in [3.63, 3.8) is 0 Å². The van der Waals surface area contributed by atoms with Gasteiger partial charge in [-0.15, -0.1) is 0 Å². The fraction of sp³-hybridized carbons (Fsp3) is 0.286. The number of amides is 1. The number of rotatable bonds is 8. The Kier molecular flexibility index (Phi) is 6.65. The standard InChI is InChI=1S/C21H24N4OS/c1-3-15(2)23-19(26)14-27-21-24-18-12-8-7-11-17(18)20(25-21)22-13-16-9-5-4-6-10-16/h4-12,15H,3,13-14H2,1-2H3,(H,23,26)(H,22,24,25). The van der Waals surface area contributed by atoms with Crippen molar-refractivity contribution in [2.75, 3.05) is 11.1 Å². The van der Waals surface area contributed by atoms with Gasteiger partial charge in [0.25, 0.3) is 0 Å². The molecule has 0 aliphatic heterocycles. The van der Waals surface area contributed by atoms with E-state index in [0.29, 0.717) is 17.5 Å². The molecule has 0 radical (unpaired) electrons. The molecule has 0 spiro atoms. The van der Waals surface area contributed by atoms with Crippen molar-refractivity contribution in [3.05, 3.63) is 60.2 Å². The monoisotopic (exact) mass is 380 g/mol. The molecule has 1 aromatic heterocycles. The van der Waals surface area contributed by atoms with Crippen LogP contribution in [0.15, 0.2) is 59.8 Å². The molecule has 0 saturated carbocycles. The number of carbonyl (C=O) groups is 1. The molecule has 3 rings (SSSR count). The van der Waals surface area contributed by atoms with Crippen LogP contribution in [0.1, 0.15) is 25.8 Å². The van der Waals surface area contributed by atoms with Gasteiger partial charge < -0.3 is 10.6 Å². The lowest BCUT2D eigenvalue weighted by Crippen LogP contribution is -2.33. The SMILES string of the molecule is CCC(C)NC(=O)CSc1nc(NCc2ccccc2)c2ccccc2n1. The van der Waals surface area contributed by atoms with E-state index in [0.717, 1.165) is 23.1 Å². The third-order valence-corrected chi connectivity index (χ3v) is 5.08. The Bertz CT molecular complexity index is 901. The number of anilines is 1. The largest absolute Gasteiger partial charge is 0.365 e. The van der Waals surface area contributed by atoms with E-state index in [2.05, 4.69) is 39.7 Å². The van der Waals surface area contributed by atoms with Crippen molar-refractivity contribution in [3.8, 4) is 0 Å². The summed E-state index contributed by atoms with van der Waals surface area (Å²) in [6.07, 6.45) is 0.913. The summed E-state index contributed by atoms with van der Waals surface area (Å²) < 4.78 is 0. The van der Waals surface area contributed by atoms with Crippen molar-refractivity contribution in [1.29, 1.82) is 0 Å². The van der Waals surface area contributed by atoms with E-state index in [1.165, 1.54) is 17.3 Å². The summed E-state index contributed by atoms with van der Waals surface area (Å²) in [5, 5.41) is 7.95. The predicted octanol–water partition coefficient (Wildman–Crippen LogP) is 4.25. The van der Waals surface area contributed by atoms with Gasteiger partial charge in [0.2, 0.25) is 5.91 Å². The van der Waals surface area contributed by atoms with Gasteiger partial charge >= 0.3 is 0 Å². The van der Waals surface area contributed by atoms with E-state index < -0.39 is 0 Å². The molecule has 0 bridgehead atoms. The van der Waals surface area contributed by atoms with Crippen molar-refractivity contribution in [2.45, 2.75) is 38.0 Å². The summed E-state index contributed by atoms with van der Waals surface area (Å²) in [4.78, 5) is 21.3. The molecule has 3 aromatic rings. The molecular weight excluding hydrogens is 356 g/mol. The number of nitrogens with one attached hydrogen (secondary N) is 2. The minimum absolute atomic E-state index is 0.00454. The van der Waals surface area contributed by atoms with Crippen LogP contribution in [0.4, 0.5) is 5.82 Å². The quantitative estimate of drug-likeness (QED) is 0.452. The molecule has 27 heavy (non-hydrogen) atoms. The zero-order valence-electron chi connectivity index (χ0n) is 15.6. The van der Waals surface area contributed by atoms with Gasteiger partial charge in [-0.3, -0.25) is 4.79 Å². The van der Waals surface area contributed by atoms with Crippen LogP contribution in [-0.2, 0) is 11.3 Å². The average Bonchev–Trinajstić information content (AvgIpc) is 2.71. The summed E-state index contributed by atoms with van der Waals surface area (Å²) in [6, 6.07) is 18.3. The fourth-order valence-electron chi connectivity index (χ4n) is 2.58. The van der Waals surface area contributed by atoms with E-state index >= 15 is 0 Å². The number of aromatic nitrogens is 2. The summed E-state index contributed by atoms with van der Waals surface area (Å²) in [7, 11) is 0. The first-order valence-electron chi connectivity index (χ1n) is 9.12. The first-order valence-corrected chi connectivity index (χ1v) is 10.1. The van der Waals surface area contributed by atoms with Crippen LogP contribution in [0.25, 0.3) is 10.9 Å². The van der Waals surface area contributed by atoms with Crippen molar-refractivity contribution in [2.24, 2.45) is 0 Å². The van der Waals surface area contributed by atoms with Gasteiger partial charge in [0.05, 0.1) is 11.3 Å². The van der Waals surface area contributed by atoms with Crippen molar-refractivity contribution in [1.82, 2.24) is 15.3 Å². The Morgan fingerprint density at radius 1 is 1.07 bits per heavy atom. The Hall–Kier alpha value is -2.60. The molecule has 1 unspecified atom stereocenters. The lowest BCUT2D eigenvalue weighted by molar-refractivity contribution is -0.119. The second-order valence-electron chi connectivity index (χ2n) is 6.38. The average molecular weight is 381 g/mol. The normalized spacial score (nSPS) is 11.9. The number of thioether (sulfide) groups is 1. The first kappa shape index (κ1) is 19.2. The van der Waals surface area contributed by atoms with Crippen LogP contribution >= 0.6 is 11.8 Å². The third kappa shape index (κ3) is 5.44. The highest BCUT2D eigenvalue weighted by molar-refractivity contribution is 7.99. The van der Waals surface area contributed by atoms with Gasteiger partial charge in [-0.25, -0.2) is 9.97 Å². The molecule has 2 aromatic carbocycles. The molecule has 0 fully saturated rings. The van der Waals surface area contributed by atoms with Crippen molar-refractivity contribution < 1.29 is 4.79 Å². The predicted molar refractivity (Wildman–Crippen MR) is 112 cm³/mol. The zero-order chi connectivity index (χ0) is 19.1. The lowest BCUT2D eigenvalue weighted by Gasteiger charge is -2.12. The number of hydrogen-bond acceptors (Lipinski definition) is 5. The minimum atomic E-state index is 0.00454. The highest BCUT2D eigenvalue weighted by atomic mass is 32.2. The Morgan fingerprint density at radius 2 is 1.81 bits per heavy atom. The number of hydrogen-bond donors (Lipinski definition) is 2. The molecule has 2 N–H and O–H groups in total. The van der Waals surface area contributed by atoms with Crippen LogP contribution < -0.4 is 10.6 Å². The van der Waals surface area contributed by atoms with Gasteiger partial charge in [0, 0.05) is 18.0 Å². The highest BCUT2D eigenvalue weighted by Crippen LogP contribution is 2.24.